The van der Waals surface area contributed by atoms with Gasteiger partial charge in [0.15, 0.2) is 5.78 Å². The number of hydrogen-bond donors (Lipinski definition) is 1. The molecule has 4 aliphatic carbocycles. The van der Waals surface area contributed by atoms with Gasteiger partial charge in [0, 0.05) is 12.3 Å². The summed E-state index contributed by atoms with van der Waals surface area (Å²) in [6.07, 6.45) is 11.2. The molecule has 2 fully saturated rings. The third-order valence-corrected chi connectivity index (χ3v) is 8.63. The van der Waals surface area contributed by atoms with Crippen molar-refractivity contribution in [3.8, 4) is 0 Å². The third-order valence-electron chi connectivity index (χ3n) is 8.63. The van der Waals surface area contributed by atoms with Gasteiger partial charge in [-0.1, -0.05) is 41.9 Å². The van der Waals surface area contributed by atoms with Crippen LogP contribution in [0.4, 0.5) is 0 Å². The van der Waals surface area contributed by atoms with Gasteiger partial charge < -0.3 is 9.94 Å². The summed E-state index contributed by atoms with van der Waals surface area (Å²) in [6.45, 7) is 6.79. The van der Waals surface area contributed by atoms with E-state index in [0.717, 1.165) is 37.7 Å². The molecule has 0 aliphatic heterocycles. The molecular weight excluding hydrogens is 398 g/mol. The first-order valence-corrected chi connectivity index (χ1v) is 12.3. The van der Waals surface area contributed by atoms with E-state index in [-0.39, 0.29) is 11.5 Å². The SMILES string of the molecule is CC(C)O[C@H]1CCC2C3CCC4=CC(=O)CCC4=C3[C@@H](c3ccc(/C=N/O)cc3)C[C@@]21C. The van der Waals surface area contributed by atoms with Crippen LogP contribution in [0.2, 0.25) is 0 Å². The average molecular weight is 434 g/mol. The summed E-state index contributed by atoms with van der Waals surface area (Å²) in [7, 11) is 0. The summed E-state index contributed by atoms with van der Waals surface area (Å²) in [5.74, 6) is 1.88. The number of benzene rings is 1. The number of carbonyl (C=O) groups excluding carboxylic acids is 1. The molecule has 0 aromatic heterocycles. The quantitative estimate of drug-likeness (QED) is 0.350. The zero-order valence-corrected chi connectivity index (χ0v) is 19.5. The molecule has 0 heterocycles. The number of allylic oxidation sites excluding steroid dienone is 4. The summed E-state index contributed by atoms with van der Waals surface area (Å²) in [5, 5.41) is 12.1. The maximum absolute atomic E-state index is 12.2. The van der Waals surface area contributed by atoms with Crippen LogP contribution < -0.4 is 0 Å². The van der Waals surface area contributed by atoms with Crippen LogP contribution in [-0.2, 0) is 9.53 Å². The molecule has 0 radical (unpaired) electrons. The molecule has 0 bridgehead atoms. The van der Waals surface area contributed by atoms with Gasteiger partial charge in [0.25, 0.3) is 0 Å². The Morgan fingerprint density at radius 3 is 2.62 bits per heavy atom. The van der Waals surface area contributed by atoms with Crippen LogP contribution in [0.25, 0.3) is 0 Å². The van der Waals surface area contributed by atoms with Gasteiger partial charge in [-0.25, -0.2) is 0 Å². The highest BCUT2D eigenvalue weighted by atomic mass is 16.5. The Morgan fingerprint density at radius 2 is 1.91 bits per heavy atom. The minimum Gasteiger partial charge on any atom is -0.411 e. The van der Waals surface area contributed by atoms with Gasteiger partial charge in [0.1, 0.15) is 0 Å². The Hall–Kier alpha value is -2.20. The van der Waals surface area contributed by atoms with E-state index < -0.39 is 0 Å². The van der Waals surface area contributed by atoms with E-state index in [1.54, 1.807) is 5.57 Å². The highest BCUT2D eigenvalue weighted by Gasteiger charge is 2.57. The molecule has 4 nitrogen and oxygen atoms in total. The molecule has 2 saturated carbocycles. The number of ether oxygens (including phenoxy) is 1. The monoisotopic (exact) mass is 433 g/mol. The maximum atomic E-state index is 12.2. The number of fused-ring (bicyclic) bond motifs is 4. The third kappa shape index (κ3) is 3.57. The predicted octanol–water partition coefficient (Wildman–Crippen LogP) is 6.19. The Morgan fingerprint density at radius 1 is 1.12 bits per heavy atom. The molecule has 1 aromatic carbocycles. The molecule has 2 unspecified atom stereocenters. The Balaban J connectivity index is 1.61. The normalized spacial score (nSPS) is 34.5. The fourth-order valence-electron chi connectivity index (χ4n) is 7.35. The van der Waals surface area contributed by atoms with Crippen molar-refractivity contribution in [2.45, 2.75) is 83.8 Å². The topological polar surface area (TPSA) is 58.9 Å². The fourth-order valence-corrected chi connectivity index (χ4v) is 7.35. The van der Waals surface area contributed by atoms with Gasteiger partial charge in [-0.05, 0) is 98.0 Å². The molecule has 0 saturated heterocycles. The molecule has 5 rings (SSSR count). The van der Waals surface area contributed by atoms with Crippen LogP contribution in [0.15, 0.2) is 52.2 Å². The van der Waals surface area contributed by atoms with E-state index in [4.69, 9.17) is 9.94 Å². The Labute approximate surface area is 191 Å². The van der Waals surface area contributed by atoms with Crippen molar-refractivity contribution in [3.63, 3.8) is 0 Å². The average Bonchev–Trinajstić information content (AvgIpc) is 3.09. The molecule has 0 amide bonds. The Kier molecular flexibility index (Phi) is 5.61. The number of ketones is 1. The molecule has 4 aliphatic rings. The molecule has 1 N–H and O–H groups in total. The van der Waals surface area contributed by atoms with Crippen LogP contribution >= 0.6 is 0 Å². The highest BCUT2D eigenvalue weighted by molar-refractivity contribution is 5.93. The molecule has 32 heavy (non-hydrogen) atoms. The van der Waals surface area contributed by atoms with Gasteiger partial charge >= 0.3 is 0 Å². The first-order valence-electron chi connectivity index (χ1n) is 12.3. The van der Waals surface area contributed by atoms with Crippen molar-refractivity contribution in [1.82, 2.24) is 0 Å². The number of nitrogens with zero attached hydrogens (tertiary/aromatic N) is 1. The van der Waals surface area contributed by atoms with Crippen molar-refractivity contribution >= 4 is 12.0 Å². The van der Waals surface area contributed by atoms with Crippen molar-refractivity contribution in [2.24, 2.45) is 22.4 Å². The van der Waals surface area contributed by atoms with E-state index in [9.17, 15) is 4.79 Å². The maximum Gasteiger partial charge on any atom is 0.156 e. The number of hydrogen-bond acceptors (Lipinski definition) is 4. The lowest BCUT2D eigenvalue weighted by Crippen LogP contribution is -2.46. The van der Waals surface area contributed by atoms with Gasteiger partial charge in [0.05, 0.1) is 18.4 Å². The largest absolute Gasteiger partial charge is 0.411 e. The van der Waals surface area contributed by atoms with E-state index >= 15 is 0 Å². The molecule has 170 valence electrons. The van der Waals surface area contributed by atoms with Crippen LogP contribution in [0.5, 0.6) is 0 Å². The van der Waals surface area contributed by atoms with Crippen molar-refractivity contribution < 1.29 is 14.7 Å². The Bertz CT molecular complexity index is 986. The summed E-state index contributed by atoms with van der Waals surface area (Å²) in [5.41, 5.74) is 6.81. The number of oxime groups is 1. The van der Waals surface area contributed by atoms with E-state index in [1.165, 1.54) is 29.3 Å². The summed E-state index contributed by atoms with van der Waals surface area (Å²) >= 11 is 0. The second kappa shape index (κ2) is 8.30. The molecule has 0 spiro atoms. The lowest BCUT2D eigenvalue weighted by atomic mass is 9.53. The summed E-state index contributed by atoms with van der Waals surface area (Å²) < 4.78 is 6.50. The van der Waals surface area contributed by atoms with E-state index in [2.05, 4.69) is 38.1 Å². The van der Waals surface area contributed by atoms with Crippen LogP contribution in [0.1, 0.15) is 82.8 Å². The molecule has 5 atom stereocenters. The summed E-state index contributed by atoms with van der Waals surface area (Å²) in [6, 6.07) is 8.50. The summed E-state index contributed by atoms with van der Waals surface area (Å²) in [4.78, 5) is 12.2. The lowest BCUT2D eigenvalue weighted by Gasteiger charge is -2.52. The van der Waals surface area contributed by atoms with Crippen molar-refractivity contribution in [2.75, 3.05) is 0 Å². The molecular formula is C28H35NO3. The van der Waals surface area contributed by atoms with Gasteiger partial charge in [-0.15, -0.1) is 0 Å². The van der Waals surface area contributed by atoms with Crippen LogP contribution in [0.3, 0.4) is 0 Å². The minimum atomic E-state index is 0.167. The fraction of sp³-hybridized carbons (Fsp3) is 0.571. The first kappa shape index (κ1) is 21.6. The minimum absolute atomic E-state index is 0.167. The standard InChI is InChI=1S/C28H35NO3/c1-17(2)32-26-13-12-25-23-10-8-20-14-21(30)9-11-22(20)27(23)24(15-28(25,26)3)19-6-4-18(5-7-19)16-29-31/h4-7,14,16-17,23-26,31H,8-13,15H2,1-3H3/b29-16+/t23?,24-,25?,26+,28+/m1/s1. The van der Waals surface area contributed by atoms with Crippen LogP contribution in [-0.4, -0.2) is 29.4 Å². The van der Waals surface area contributed by atoms with Gasteiger partial charge in [-0.2, -0.15) is 0 Å². The van der Waals surface area contributed by atoms with Crippen LogP contribution in [0, 0.1) is 17.3 Å². The number of carbonyl (C=O) groups is 1. The van der Waals surface area contributed by atoms with E-state index in [0.29, 0.717) is 36.1 Å². The number of rotatable bonds is 4. The first-order chi connectivity index (χ1) is 15.4. The molecule has 1 aromatic rings. The zero-order chi connectivity index (χ0) is 22.5. The second-order valence-corrected chi connectivity index (χ2v) is 10.7. The van der Waals surface area contributed by atoms with Gasteiger partial charge in [0.2, 0.25) is 0 Å². The second-order valence-electron chi connectivity index (χ2n) is 10.7. The van der Waals surface area contributed by atoms with E-state index in [1.807, 2.05) is 18.2 Å². The highest BCUT2D eigenvalue weighted by Crippen LogP contribution is 2.64. The smallest absolute Gasteiger partial charge is 0.156 e. The van der Waals surface area contributed by atoms with Crippen molar-refractivity contribution in [3.05, 3.63) is 58.2 Å². The lowest BCUT2D eigenvalue weighted by molar-refractivity contribution is -0.114. The molecule has 4 heteroatoms. The zero-order valence-electron chi connectivity index (χ0n) is 19.5. The predicted molar refractivity (Wildman–Crippen MR) is 126 cm³/mol. The van der Waals surface area contributed by atoms with Crippen molar-refractivity contribution in [1.29, 1.82) is 0 Å². The van der Waals surface area contributed by atoms with Gasteiger partial charge in [-0.3, -0.25) is 4.79 Å².